The van der Waals surface area contributed by atoms with Crippen LogP contribution in [0.2, 0.25) is 0 Å². The summed E-state index contributed by atoms with van der Waals surface area (Å²) in [6.07, 6.45) is 2.47. The zero-order valence-corrected chi connectivity index (χ0v) is 18.7. The number of benzene rings is 2. The molecule has 1 atom stereocenters. The van der Waals surface area contributed by atoms with Crippen molar-refractivity contribution in [3.8, 4) is 0 Å². The van der Waals surface area contributed by atoms with Crippen LogP contribution in [0.25, 0.3) is 0 Å². The summed E-state index contributed by atoms with van der Waals surface area (Å²) in [5.41, 5.74) is 1.01. The number of hydrogen-bond acceptors (Lipinski definition) is 5. The Hall–Kier alpha value is -2.42. The van der Waals surface area contributed by atoms with Gasteiger partial charge < -0.3 is 9.80 Å². The molecule has 8 heteroatoms. The number of hydrogen-bond donors (Lipinski definition) is 1. The van der Waals surface area contributed by atoms with E-state index in [2.05, 4.69) is 21.6 Å². The third-order valence-corrected chi connectivity index (χ3v) is 7.55. The number of piperidine rings is 1. The summed E-state index contributed by atoms with van der Waals surface area (Å²) in [6, 6.07) is 15.5. The van der Waals surface area contributed by atoms with E-state index < -0.39 is 10.0 Å². The zero-order chi connectivity index (χ0) is 21.8. The monoisotopic (exact) mass is 442 g/mol. The van der Waals surface area contributed by atoms with Gasteiger partial charge in [0.25, 0.3) is 15.9 Å². The highest BCUT2D eigenvalue weighted by atomic mass is 32.2. The number of nitrogens with one attached hydrogen (secondary N) is 1. The Kier molecular flexibility index (Phi) is 6.60. The number of anilines is 1. The van der Waals surface area contributed by atoms with E-state index in [1.807, 2.05) is 4.90 Å². The number of amides is 1. The molecule has 2 heterocycles. The Morgan fingerprint density at radius 1 is 0.935 bits per heavy atom. The molecular weight excluding hydrogens is 412 g/mol. The molecule has 1 amide bonds. The topological polar surface area (TPSA) is 73.0 Å². The average Bonchev–Trinajstić information content (AvgIpc) is 2.80. The van der Waals surface area contributed by atoms with E-state index in [-0.39, 0.29) is 10.8 Å². The van der Waals surface area contributed by atoms with Crippen molar-refractivity contribution in [2.75, 3.05) is 51.0 Å². The molecule has 1 unspecified atom stereocenters. The van der Waals surface area contributed by atoms with Gasteiger partial charge in [-0.1, -0.05) is 18.2 Å². The van der Waals surface area contributed by atoms with Crippen LogP contribution in [-0.4, -0.2) is 81.4 Å². The minimum absolute atomic E-state index is 0.00196. The lowest BCUT2D eigenvalue weighted by Gasteiger charge is -2.42. The summed E-state index contributed by atoms with van der Waals surface area (Å²) in [5, 5.41) is 0. The van der Waals surface area contributed by atoms with Gasteiger partial charge in [0.05, 0.1) is 4.90 Å². The van der Waals surface area contributed by atoms with Gasteiger partial charge in [-0.15, -0.1) is 0 Å². The lowest BCUT2D eigenvalue weighted by Crippen LogP contribution is -2.55. The highest BCUT2D eigenvalue weighted by Gasteiger charge is 2.28. The van der Waals surface area contributed by atoms with Crippen LogP contribution in [0.4, 0.5) is 5.69 Å². The molecule has 7 nitrogen and oxygen atoms in total. The Labute approximate surface area is 184 Å². The number of rotatable bonds is 5. The van der Waals surface area contributed by atoms with Crippen LogP contribution in [0.15, 0.2) is 59.5 Å². The van der Waals surface area contributed by atoms with E-state index in [1.165, 1.54) is 19.4 Å². The molecule has 2 saturated heterocycles. The maximum atomic E-state index is 12.9. The average molecular weight is 443 g/mol. The second-order valence-electron chi connectivity index (χ2n) is 8.38. The second kappa shape index (κ2) is 9.38. The smallest absolute Gasteiger partial charge is 0.261 e. The zero-order valence-electron chi connectivity index (χ0n) is 17.9. The van der Waals surface area contributed by atoms with E-state index in [4.69, 9.17) is 0 Å². The molecule has 1 N–H and O–H groups in total. The van der Waals surface area contributed by atoms with Gasteiger partial charge in [-0.3, -0.25) is 14.4 Å². The van der Waals surface area contributed by atoms with Crippen LogP contribution >= 0.6 is 0 Å². The van der Waals surface area contributed by atoms with E-state index in [0.717, 1.165) is 32.7 Å². The van der Waals surface area contributed by atoms with Gasteiger partial charge in [0.1, 0.15) is 0 Å². The molecule has 0 aromatic heterocycles. The third kappa shape index (κ3) is 5.26. The predicted octanol–water partition coefficient (Wildman–Crippen LogP) is 2.34. The molecule has 31 heavy (non-hydrogen) atoms. The molecule has 166 valence electrons. The number of likely N-dealkylation sites (tertiary alicyclic amines) is 1. The van der Waals surface area contributed by atoms with Crippen molar-refractivity contribution in [1.29, 1.82) is 0 Å². The summed E-state index contributed by atoms with van der Waals surface area (Å²) >= 11 is 0. The van der Waals surface area contributed by atoms with E-state index in [9.17, 15) is 13.2 Å². The quantitative estimate of drug-likeness (QED) is 0.770. The standard InChI is InChI=1S/C23H30N4O3S/c1-25-13-5-6-21(18-25)26-14-16-27(17-15-26)23(28)19-9-11-20(12-10-19)24-31(29,30)22-7-3-2-4-8-22/h2-4,7-12,21,24H,5-6,13-18H2,1H3. The van der Waals surface area contributed by atoms with Crippen LogP contribution < -0.4 is 4.72 Å². The first-order chi connectivity index (χ1) is 14.9. The maximum absolute atomic E-state index is 12.9. The molecule has 0 radical (unpaired) electrons. The lowest BCUT2D eigenvalue weighted by atomic mass is 10.0. The Bertz CT molecular complexity index is 987. The molecule has 0 aliphatic carbocycles. The van der Waals surface area contributed by atoms with E-state index in [1.54, 1.807) is 54.6 Å². The van der Waals surface area contributed by atoms with Gasteiger partial charge in [-0.25, -0.2) is 8.42 Å². The number of sulfonamides is 1. The van der Waals surface area contributed by atoms with Crippen LogP contribution in [0.1, 0.15) is 23.2 Å². The van der Waals surface area contributed by atoms with Crippen molar-refractivity contribution < 1.29 is 13.2 Å². The second-order valence-corrected chi connectivity index (χ2v) is 10.1. The summed E-state index contributed by atoms with van der Waals surface area (Å²) < 4.78 is 27.5. The Morgan fingerprint density at radius 3 is 2.26 bits per heavy atom. The van der Waals surface area contributed by atoms with Crippen LogP contribution in [0.5, 0.6) is 0 Å². The summed E-state index contributed by atoms with van der Waals surface area (Å²) in [5.74, 6) is -0.00196. The van der Waals surface area contributed by atoms with E-state index in [0.29, 0.717) is 17.3 Å². The Balaban J connectivity index is 1.34. The molecule has 0 bridgehead atoms. The van der Waals surface area contributed by atoms with Gasteiger partial charge in [-0.05, 0) is 62.8 Å². The summed E-state index contributed by atoms with van der Waals surface area (Å²) in [4.78, 5) is 19.9. The first-order valence-corrected chi connectivity index (χ1v) is 12.3. The molecule has 0 spiro atoms. The third-order valence-electron chi connectivity index (χ3n) is 6.16. The number of carbonyl (C=O) groups excluding carboxylic acids is 1. The van der Waals surface area contributed by atoms with Crippen LogP contribution in [-0.2, 0) is 10.0 Å². The first-order valence-electron chi connectivity index (χ1n) is 10.8. The lowest BCUT2D eigenvalue weighted by molar-refractivity contribution is 0.0452. The van der Waals surface area contributed by atoms with Crippen molar-refractivity contribution in [1.82, 2.24) is 14.7 Å². The Morgan fingerprint density at radius 2 is 1.61 bits per heavy atom. The largest absolute Gasteiger partial charge is 0.336 e. The fourth-order valence-electron chi connectivity index (χ4n) is 4.40. The number of carbonyl (C=O) groups is 1. The van der Waals surface area contributed by atoms with Crippen LogP contribution in [0, 0.1) is 0 Å². The maximum Gasteiger partial charge on any atom is 0.261 e. The van der Waals surface area contributed by atoms with Gasteiger partial charge in [-0.2, -0.15) is 0 Å². The molecule has 2 aliphatic rings. The van der Waals surface area contributed by atoms with Gasteiger partial charge in [0, 0.05) is 50.0 Å². The van der Waals surface area contributed by atoms with Crippen molar-refractivity contribution >= 4 is 21.6 Å². The molecule has 4 rings (SSSR count). The van der Waals surface area contributed by atoms with E-state index >= 15 is 0 Å². The normalized spacial score (nSPS) is 21.1. The summed E-state index contributed by atoms with van der Waals surface area (Å²) in [6.45, 7) is 5.53. The number of nitrogens with zero attached hydrogens (tertiary/aromatic N) is 3. The van der Waals surface area contributed by atoms with Gasteiger partial charge >= 0.3 is 0 Å². The van der Waals surface area contributed by atoms with Crippen molar-refractivity contribution in [2.45, 2.75) is 23.8 Å². The SMILES string of the molecule is CN1CCCC(N2CCN(C(=O)c3ccc(NS(=O)(=O)c4ccccc4)cc3)CC2)C1. The highest BCUT2D eigenvalue weighted by molar-refractivity contribution is 7.92. The van der Waals surface area contributed by atoms with Crippen LogP contribution in [0.3, 0.4) is 0 Å². The van der Waals surface area contributed by atoms with Gasteiger partial charge in [0.2, 0.25) is 0 Å². The molecular formula is C23H30N4O3S. The highest BCUT2D eigenvalue weighted by Crippen LogP contribution is 2.20. The molecule has 2 fully saturated rings. The molecule has 2 aromatic carbocycles. The van der Waals surface area contributed by atoms with Crippen molar-refractivity contribution in [2.24, 2.45) is 0 Å². The minimum atomic E-state index is -3.64. The first kappa shape index (κ1) is 21.8. The fourth-order valence-corrected chi connectivity index (χ4v) is 5.48. The molecule has 2 aliphatic heterocycles. The predicted molar refractivity (Wildman–Crippen MR) is 122 cm³/mol. The number of likely N-dealkylation sites (N-methyl/N-ethyl adjacent to an activating group) is 1. The summed E-state index contributed by atoms with van der Waals surface area (Å²) in [7, 11) is -1.47. The molecule has 2 aromatic rings. The van der Waals surface area contributed by atoms with Gasteiger partial charge in [0.15, 0.2) is 0 Å². The molecule has 0 saturated carbocycles. The van der Waals surface area contributed by atoms with Crippen molar-refractivity contribution in [3.63, 3.8) is 0 Å². The fraction of sp³-hybridized carbons (Fsp3) is 0.435. The minimum Gasteiger partial charge on any atom is -0.336 e. The van der Waals surface area contributed by atoms with Crippen molar-refractivity contribution in [3.05, 3.63) is 60.2 Å². The number of piperazine rings is 1.